The molecule has 1 atom stereocenters. The van der Waals surface area contributed by atoms with Crippen molar-refractivity contribution < 1.29 is 17.9 Å². The fourth-order valence-electron chi connectivity index (χ4n) is 2.16. The molecule has 1 saturated heterocycles. The highest BCUT2D eigenvalue weighted by Crippen LogP contribution is 2.19. The van der Waals surface area contributed by atoms with Crippen LogP contribution in [0.3, 0.4) is 0 Å². The number of hydrogen-bond acceptors (Lipinski definition) is 4. The number of likely N-dealkylation sites (N-methyl/N-ethyl adjacent to an activating group) is 1. The van der Waals surface area contributed by atoms with Gasteiger partial charge in [-0.15, -0.1) is 6.58 Å². The lowest BCUT2D eigenvalue weighted by Crippen LogP contribution is -2.27. The zero-order valence-corrected chi connectivity index (χ0v) is 13.3. The SMILES string of the molecule is C=CCN(C)S(=O)(=O)c1ccc(NC(=O)C2CCOC2)cc1. The molecule has 0 spiro atoms. The lowest BCUT2D eigenvalue weighted by molar-refractivity contribution is -0.119. The zero-order valence-electron chi connectivity index (χ0n) is 12.5. The Bertz CT molecular complexity index is 634. The van der Waals surface area contributed by atoms with Crippen LogP contribution in [0.15, 0.2) is 41.8 Å². The van der Waals surface area contributed by atoms with E-state index in [2.05, 4.69) is 11.9 Å². The molecule has 2 rings (SSSR count). The number of carbonyl (C=O) groups excluding carboxylic acids is 1. The van der Waals surface area contributed by atoms with Gasteiger partial charge in [0.05, 0.1) is 17.4 Å². The predicted molar refractivity (Wildman–Crippen MR) is 84.0 cm³/mol. The van der Waals surface area contributed by atoms with E-state index >= 15 is 0 Å². The molecule has 22 heavy (non-hydrogen) atoms. The van der Waals surface area contributed by atoms with Crippen LogP contribution >= 0.6 is 0 Å². The molecule has 1 aliphatic heterocycles. The average Bonchev–Trinajstić information content (AvgIpc) is 3.02. The Morgan fingerprint density at radius 3 is 2.68 bits per heavy atom. The number of nitrogens with one attached hydrogen (secondary N) is 1. The summed E-state index contributed by atoms with van der Waals surface area (Å²) in [6, 6.07) is 6.13. The summed E-state index contributed by atoms with van der Waals surface area (Å²) in [5.41, 5.74) is 0.572. The molecule has 1 amide bonds. The van der Waals surface area contributed by atoms with E-state index in [4.69, 9.17) is 4.74 Å². The van der Waals surface area contributed by atoms with Gasteiger partial charge < -0.3 is 10.1 Å². The van der Waals surface area contributed by atoms with Crippen LogP contribution in [0.5, 0.6) is 0 Å². The maximum Gasteiger partial charge on any atom is 0.243 e. The summed E-state index contributed by atoms with van der Waals surface area (Å²) in [5.74, 6) is -0.237. The monoisotopic (exact) mass is 324 g/mol. The molecule has 1 aromatic carbocycles. The first-order valence-electron chi connectivity index (χ1n) is 7.01. The molecular formula is C15H20N2O4S. The Hall–Kier alpha value is -1.70. The van der Waals surface area contributed by atoms with Crippen LogP contribution in [0.2, 0.25) is 0 Å². The summed E-state index contributed by atoms with van der Waals surface area (Å²) in [7, 11) is -2.04. The fraction of sp³-hybridized carbons (Fsp3) is 0.400. The molecule has 0 aliphatic carbocycles. The number of carbonyl (C=O) groups is 1. The number of ether oxygens (including phenoxy) is 1. The van der Waals surface area contributed by atoms with Gasteiger partial charge in [0.25, 0.3) is 0 Å². The van der Waals surface area contributed by atoms with Gasteiger partial charge in [-0.1, -0.05) is 6.08 Å². The summed E-state index contributed by atoms with van der Waals surface area (Å²) >= 11 is 0. The molecule has 1 aliphatic rings. The van der Waals surface area contributed by atoms with E-state index in [1.165, 1.54) is 29.6 Å². The quantitative estimate of drug-likeness (QED) is 0.804. The minimum absolute atomic E-state index is 0.100. The van der Waals surface area contributed by atoms with Crippen molar-refractivity contribution in [2.45, 2.75) is 11.3 Å². The molecule has 0 saturated carbocycles. The number of rotatable bonds is 6. The largest absolute Gasteiger partial charge is 0.381 e. The number of sulfonamides is 1. The van der Waals surface area contributed by atoms with Gasteiger partial charge in [-0.05, 0) is 30.7 Å². The summed E-state index contributed by atoms with van der Waals surface area (Å²) < 4.78 is 30.9. The lowest BCUT2D eigenvalue weighted by atomic mass is 10.1. The van der Waals surface area contributed by atoms with E-state index in [0.29, 0.717) is 25.3 Å². The smallest absolute Gasteiger partial charge is 0.243 e. The van der Waals surface area contributed by atoms with E-state index in [-0.39, 0.29) is 23.3 Å². The Kier molecular flexibility index (Phi) is 5.33. The third kappa shape index (κ3) is 3.73. The van der Waals surface area contributed by atoms with Crippen molar-refractivity contribution in [3.63, 3.8) is 0 Å². The van der Waals surface area contributed by atoms with Gasteiger partial charge in [0, 0.05) is 25.9 Å². The number of nitrogens with zero attached hydrogens (tertiary/aromatic N) is 1. The summed E-state index contributed by atoms with van der Waals surface area (Å²) in [5, 5.41) is 2.77. The Morgan fingerprint density at radius 2 is 2.14 bits per heavy atom. The highest BCUT2D eigenvalue weighted by atomic mass is 32.2. The minimum Gasteiger partial charge on any atom is -0.381 e. The molecule has 1 fully saturated rings. The van der Waals surface area contributed by atoms with Crippen molar-refractivity contribution in [2.24, 2.45) is 5.92 Å². The van der Waals surface area contributed by atoms with Crippen LogP contribution in [0.25, 0.3) is 0 Å². The highest BCUT2D eigenvalue weighted by Gasteiger charge is 2.24. The highest BCUT2D eigenvalue weighted by molar-refractivity contribution is 7.89. The fourth-order valence-corrected chi connectivity index (χ4v) is 3.30. The van der Waals surface area contributed by atoms with Crippen LogP contribution in [0.4, 0.5) is 5.69 Å². The molecular weight excluding hydrogens is 304 g/mol. The van der Waals surface area contributed by atoms with Gasteiger partial charge in [-0.2, -0.15) is 4.31 Å². The topological polar surface area (TPSA) is 75.7 Å². The molecule has 0 aromatic heterocycles. The Labute approximate surface area is 130 Å². The van der Waals surface area contributed by atoms with Gasteiger partial charge in [-0.3, -0.25) is 4.79 Å². The van der Waals surface area contributed by atoms with Crippen molar-refractivity contribution in [3.8, 4) is 0 Å². The van der Waals surface area contributed by atoms with Crippen LogP contribution in [0, 0.1) is 5.92 Å². The van der Waals surface area contributed by atoms with Gasteiger partial charge >= 0.3 is 0 Å². The van der Waals surface area contributed by atoms with Gasteiger partial charge in [-0.25, -0.2) is 8.42 Å². The lowest BCUT2D eigenvalue weighted by Gasteiger charge is -2.15. The summed E-state index contributed by atoms with van der Waals surface area (Å²) in [6.07, 6.45) is 2.24. The number of benzene rings is 1. The van der Waals surface area contributed by atoms with E-state index in [1.807, 2.05) is 0 Å². The first-order chi connectivity index (χ1) is 10.4. The van der Waals surface area contributed by atoms with E-state index in [9.17, 15) is 13.2 Å². The third-order valence-electron chi connectivity index (χ3n) is 3.52. The van der Waals surface area contributed by atoms with Crippen molar-refractivity contribution in [1.29, 1.82) is 0 Å². The second-order valence-corrected chi connectivity index (χ2v) is 7.19. The van der Waals surface area contributed by atoms with Crippen LogP contribution in [-0.4, -0.2) is 45.4 Å². The first-order valence-corrected chi connectivity index (χ1v) is 8.45. The number of amides is 1. The molecule has 1 unspecified atom stereocenters. The van der Waals surface area contributed by atoms with Crippen LogP contribution < -0.4 is 5.32 Å². The van der Waals surface area contributed by atoms with Crippen molar-refractivity contribution in [2.75, 3.05) is 32.1 Å². The Morgan fingerprint density at radius 1 is 1.45 bits per heavy atom. The molecule has 1 N–H and O–H groups in total. The summed E-state index contributed by atoms with van der Waals surface area (Å²) in [6.45, 7) is 4.80. The van der Waals surface area contributed by atoms with Gasteiger partial charge in [0.2, 0.25) is 15.9 Å². The zero-order chi connectivity index (χ0) is 16.2. The molecule has 0 radical (unpaired) electrons. The first kappa shape index (κ1) is 16.7. The van der Waals surface area contributed by atoms with Crippen LogP contribution in [-0.2, 0) is 19.6 Å². The van der Waals surface area contributed by atoms with Crippen LogP contribution in [0.1, 0.15) is 6.42 Å². The maximum atomic E-state index is 12.2. The summed E-state index contributed by atoms with van der Waals surface area (Å²) in [4.78, 5) is 12.1. The normalized spacial score (nSPS) is 18.4. The van der Waals surface area contributed by atoms with E-state index in [0.717, 1.165) is 0 Å². The molecule has 1 aromatic rings. The maximum absolute atomic E-state index is 12.2. The van der Waals surface area contributed by atoms with Crippen molar-refractivity contribution >= 4 is 21.6 Å². The molecule has 6 nitrogen and oxygen atoms in total. The van der Waals surface area contributed by atoms with Gasteiger partial charge in [0.1, 0.15) is 0 Å². The average molecular weight is 324 g/mol. The van der Waals surface area contributed by atoms with Gasteiger partial charge in [0.15, 0.2) is 0 Å². The molecule has 1 heterocycles. The van der Waals surface area contributed by atoms with Crippen molar-refractivity contribution in [3.05, 3.63) is 36.9 Å². The molecule has 120 valence electrons. The van der Waals surface area contributed by atoms with E-state index in [1.54, 1.807) is 12.1 Å². The standard InChI is InChI=1S/C15H20N2O4S/c1-3-9-17(2)22(19,20)14-6-4-13(5-7-14)16-15(18)12-8-10-21-11-12/h3-7,12H,1,8-11H2,2H3,(H,16,18). The minimum atomic E-state index is -3.53. The molecule has 0 bridgehead atoms. The van der Waals surface area contributed by atoms with E-state index < -0.39 is 10.0 Å². The third-order valence-corrected chi connectivity index (χ3v) is 5.35. The second kappa shape index (κ2) is 7.04. The molecule has 7 heteroatoms. The number of anilines is 1. The number of hydrogen-bond donors (Lipinski definition) is 1. The second-order valence-electron chi connectivity index (χ2n) is 5.15. The predicted octanol–water partition coefficient (Wildman–Crippen LogP) is 1.47. The van der Waals surface area contributed by atoms with Crippen molar-refractivity contribution in [1.82, 2.24) is 4.31 Å². The Balaban J connectivity index is 2.06.